The molecule has 13 atom stereocenters. The summed E-state index contributed by atoms with van der Waals surface area (Å²) in [6.07, 6.45) is -1.68. The molecule has 5 aromatic rings. The van der Waals surface area contributed by atoms with Crippen LogP contribution in [-0.2, 0) is 97.6 Å². The summed E-state index contributed by atoms with van der Waals surface area (Å²) < 4.78 is 0. The van der Waals surface area contributed by atoms with Gasteiger partial charge in [0.25, 0.3) is 5.91 Å². The zero-order valence-corrected chi connectivity index (χ0v) is 67.7. The number of phenolic OH excluding ortho intramolecular Hbond substituents is 3. The smallest absolute Gasteiger partial charge is 0.326 e. The van der Waals surface area contributed by atoms with E-state index in [1.807, 2.05) is 24.3 Å². The topological polar surface area (TPSA) is 652 Å². The molecule has 40 heteroatoms. The van der Waals surface area contributed by atoms with Crippen LogP contribution in [-0.4, -0.2) is 262 Å². The Hall–Kier alpha value is -12.4. The number of nitrogens with two attached hydrogens (primary N) is 2. The van der Waals surface area contributed by atoms with Gasteiger partial charge in [-0.15, -0.1) is 0 Å². The van der Waals surface area contributed by atoms with E-state index in [1.54, 1.807) is 33.9 Å². The standard InChI is InChI=1S/C81H111N17O23/c1-42(2)32-56(71(111)92-59(33-43(3)4)78(118)97-30-8-13-64(97)76(116)93-60(36-46-19-25-50(103)26-20-46)79(119)98-31-9-14-65(98)77(117)94-61(80(120)121)38-67(106)107)89-74(114)62(40-99)96-75(115)63(41-100)95-70(110)55(27-28-66(104)105)88-72(112)57(34-44-15-21-48(101)22-16-44)91-73(113)58(35-45-17-23-49(102)24-18-45)90-69(109)54(12-7-29-85-81(83)84)87-68(108)52(82)37-47-39-86-53-11-6-5-10-51(47)53/h5-6,10-11,15-26,39,42-43,52,54-65,81,85-86,99-103H,7-9,12-14,27-38,40-41,82-84H2,1-4H3,(H,87,108)(H,88,112)(H,89,114)(H,90,109)(H,91,113)(H,92,111)(H,93,116)(H,94,117)(H,95,110)(H,96,115)(H,104,105)(H,106,107)(H,120,121)/p+1/t52-,54-,55-,56-,57-,58-,59-,60-,61-,62-,63-,64-,65-/m0/s1. The Bertz CT molecular complexity index is 4430. The minimum absolute atomic E-state index is 0.00578. The molecule has 0 spiro atoms. The molecule has 12 amide bonds. The molecule has 121 heavy (non-hydrogen) atoms. The zero-order valence-electron chi connectivity index (χ0n) is 67.7. The molecule has 27 N–H and O–H groups in total. The van der Waals surface area contributed by atoms with Crippen molar-refractivity contribution in [3.63, 3.8) is 0 Å². The largest absolute Gasteiger partial charge is 0.508 e. The number of fused-ring (bicyclic) bond motifs is 1. The van der Waals surface area contributed by atoms with Crippen molar-refractivity contribution in [3.8, 4) is 17.2 Å². The van der Waals surface area contributed by atoms with Crippen LogP contribution in [0.3, 0.4) is 0 Å². The number of hydrogen-bond acceptors (Lipinski definition) is 23. The third-order valence-corrected chi connectivity index (χ3v) is 20.4. The number of carboxylic acid groups (broad SMARTS) is 3. The van der Waals surface area contributed by atoms with Gasteiger partial charge in [0, 0.05) is 62.3 Å². The maximum absolute atomic E-state index is 14.9. The van der Waals surface area contributed by atoms with Gasteiger partial charge in [0.2, 0.25) is 65.0 Å². The maximum atomic E-state index is 14.9. The molecule has 0 saturated carbocycles. The van der Waals surface area contributed by atoms with E-state index in [2.05, 4.69) is 69.2 Å². The number of hydrogen-bond donors (Lipinski definition) is 23. The summed E-state index contributed by atoms with van der Waals surface area (Å²) in [6.45, 7) is 4.65. The summed E-state index contributed by atoms with van der Waals surface area (Å²) in [5.74, 6) is -17.4. The zero-order chi connectivity index (χ0) is 88.9. The second kappa shape index (κ2) is 46.3. The second-order valence-corrected chi connectivity index (χ2v) is 31.0. The van der Waals surface area contributed by atoms with Crippen LogP contribution in [0.5, 0.6) is 17.2 Å². The lowest BCUT2D eigenvalue weighted by molar-refractivity contribution is -0.403. The predicted molar refractivity (Wildman–Crippen MR) is 432 cm³/mol. The van der Waals surface area contributed by atoms with E-state index in [0.717, 1.165) is 21.4 Å². The van der Waals surface area contributed by atoms with E-state index in [1.165, 1.54) is 77.7 Å². The van der Waals surface area contributed by atoms with E-state index < -0.39 is 213 Å². The average molecular weight is 1690 g/mol. The molecule has 2 aliphatic heterocycles. The van der Waals surface area contributed by atoms with Crippen LogP contribution < -0.4 is 75.7 Å². The number of aliphatic carboxylic acids is 3. The molecule has 7 rings (SSSR count). The maximum Gasteiger partial charge on any atom is 0.326 e. The Kier molecular flexibility index (Phi) is 36.6. The van der Waals surface area contributed by atoms with Crippen LogP contribution in [0.1, 0.15) is 121 Å². The van der Waals surface area contributed by atoms with E-state index in [-0.39, 0.29) is 119 Å². The van der Waals surface area contributed by atoms with E-state index >= 15 is 0 Å². The van der Waals surface area contributed by atoms with Crippen molar-refractivity contribution in [1.82, 2.24) is 73.3 Å². The number of likely N-dealkylation sites (tertiary alicyclic amines) is 2. The number of H-pyrrole nitrogens is 1. The number of phenols is 3. The van der Waals surface area contributed by atoms with Crippen LogP contribution in [0.2, 0.25) is 0 Å². The Labute approximate surface area is 696 Å². The van der Waals surface area contributed by atoms with Crippen LogP contribution >= 0.6 is 0 Å². The van der Waals surface area contributed by atoms with Gasteiger partial charge < -0.3 is 126 Å². The van der Waals surface area contributed by atoms with Gasteiger partial charge in [-0.3, -0.25) is 72.4 Å². The van der Waals surface area contributed by atoms with Crippen LogP contribution in [0.25, 0.3) is 10.9 Å². The number of carboxylic acids is 3. The molecule has 0 unspecified atom stereocenters. The summed E-state index contributed by atoms with van der Waals surface area (Å²) in [5, 5.41) is 109. The van der Waals surface area contributed by atoms with Crippen molar-refractivity contribution in [2.24, 2.45) is 23.3 Å². The SMILES string of the molecule is CC(C)C[C@H](NC(=O)[C@H](CO)NC(=O)[C@H](CO)NC(=O)[C@H](CCC(=O)O)NC(=O)[C@H](Cc1ccc(O)cc1)NC(=O)[C@H](Cc1ccc(O)cc1)NC(=O)[C@H](CCCNC(N)N)NC(=O)[C@@H]([NH3+])Cc1c[nH]c2ccccc12)C(=O)N[C@@H](CC(C)C)C(=O)N1CCC[C@H]1C(=O)N[C@@H](Cc1ccc(O)cc1)C(=O)N1CCC[C@H]1C(=O)N[C@@H](CC(=O)O)C(=O)O. The predicted octanol–water partition coefficient (Wildman–Crippen LogP) is -3.93. The van der Waals surface area contributed by atoms with Crippen LogP contribution in [0.4, 0.5) is 0 Å². The number of aromatic amines is 1. The highest BCUT2D eigenvalue weighted by molar-refractivity contribution is 6.01. The minimum Gasteiger partial charge on any atom is -0.508 e. The molecule has 2 aliphatic rings. The first-order valence-corrected chi connectivity index (χ1v) is 39.9. The van der Waals surface area contributed by atoms with Gasteiger partial charge >= 0.3 is 17.9 Å². The number of aromatic nitrogens is 1. The molecule has 2 fully saturated rings. The lowest BCUT2D eigenvalue weighted by Gasteiger charge is -2.33. The van der Waals surface area contributed by atoms with Gasteiger partial charge in [-0.2, -0.15) is 0 Å². The number of amides is 12. The number of rotatable bonds is 47. The number of carbonyl (C=O) groups excluding carboxylic acids is 12. The molecular formula is C81H112N17O23+. The highest BCUT2D eigenvalue weighted by Gasteiger charge is 2.44. The number of aliphatic hydroxyl groups is 2. The number of nitrogens with zero attached hydrogens (tertiary/aromatic N) is 2. The Morgan fingerprint density at radius 3 is 1.30 bits per heavy atom. The van der Waals surface area contributed by atoms with Crippen molar-refractivity contribution in [1.29, 1.82) is 0 Å². The quantitative estimate of drug-likeness (QED) is 0.0131. The molecule has 40 nitrogen and oxygen atoms in total. The second-order valence-electron chi connectivity index (χ2n) is 31.0. The number of para-hydroxylation sites is 1. The molecule has 4 aromatic carbocycles. The fourth-order valence-electron chi connectivity index (χ4n) is 14.2. The van der Waals surface area contributed by atoms with Gasteiger partial charge in [0.1, 0.15) is 96.0 Å². The fourth-order valence-corrected chi connectivity index (χ4v) is 14.2. The number of carbonyl (C=O) groups is 15. The van der Waals surface area contributed by atoms with Crippen molar-refractivity contribution in [3.05, 3.63) is 126 Å². The summed E-state index contributed by atoms with van der Waals surface area (Å²) >= 11 is 0. The lowest BCUT2D eigenvalue weighted by atomic mass is 9.99. The molecule has 1 aromatic heterocycles. The molecule has 0 bridgehead atoms. The molecule has 3 heterocycles. The number of quaternary nitrogens is 1. The Morgan fingerprint density at radius 1 is 0.455 bits per heavy atom. The van der Waals surface area contributed by atoms with Crippen LogP contribution in [0.15, 0.2) is 103 Å². The number of benzene rings is 4. The Morgan fingerprint density at radius 2 is 0.843 bits per heavy atom. The molecular weight excluding hydrogens is 1580 g/mol. The average Bonchev–Trinajstić information content (AvgIpc) is 1.73. The number of aliphatic hydroxyl groups excluding tert-OH is 2. The first-order valence-electron chi connectivity index (χ1n) is 39.9. The summed E-state index contributed by atoms with van der Waals surface area (Å²) in [5.41, 5.74) is 18.2. The number of nitrogens with one attached hydrogen (secondary N) is 12. The first kappa shape index (κ1) is 95.8. The molecule has 0 aliphatic carbocycles. The van der Waals surface area contributed by atoms with Crippen molar-refractivity contribution >= 4 is 99.7 Å². The molecule has 658 valence electrons. The fraction of sp³-hybridized carbons (Fsp3) is 0.494. The molecule has 0 radical (unpaired) electrons. The summed E-state index contributed by atoms with van der Waals surface area (Å²) in [6, 6.07) is 3.91. The van der Waals surface area contributed by atoms with Gasteiger partial charge in [0.05, 0.1) is 19.6 Å². The van der Waals surface area contributed by atoms with Gasteiger partial charge in [0.15, 0.2) is 6.04 Å². The van der Waals surface area contributed by atoms with Gasteiger partial charge in [-0.25, -0.2) is 4.79 Å². The summed E-state index contributed by atoms with van der Waals surface area (Å²) in [4.78, 5) is 214. The van der Waals surface area contributed by atoms with E-state index in [0.29, 0.717) is 16.7 Å². The summed E-state index contributed by atoms with van der Waals surface area (Å²) in [7, 11) is 0. The van der Waals surface area contributed by atoms with Crippen LogP contribution in [0, 0.1) is 11.8 Å². The minimum atomic E-state index is -2.03. The number of aromatic hydroxyl groups is 3. The molecule has 2 saturated heterocycles. The van der Waals surface area contributed by atoms with E-state index in [4.69, 9.17) is 11.5 Å². The first-order chi connectivity index (χ1) is 57.4. The highest BCUT2D eigenvalue weighted by Crippen LogP contribution is 2.26. The van der Waals surface area contributed by atoms with Crippen molar-refractivity contribution < 1.29 is 119 Å². The third kappa shape index (κ3) is 29.5. The highest BCUT2D eigenvalue weighted by atomic mass is 16.4. The normalized spacial score (nSPS) is 16.6. The van der Waals surface area contributed by atoms with E-state index in [9.17, 15) is 113 Å². The monoisotopic (exact) mass is 1690 g/mol. The van der Waals surface area contributed by atoms with Gasteiger partial charge in [-0.05, 0) is 141 Å². The Balaban J connectivity index is 1.05. The lowest BCUT2D eigenvalue weighted by Crippen LogP contribution is -2.70. The third-order valence-electron chi connectivity index (χ3n) is 20.4. The van der Waals surface area contributed by atoms with Crippen molar-refractivity contribution in [2.45, 2.75) is 209 Å². The van der Waals surface area contributed by atoms with Crippen molar-refractivity contribution in [2.75, 3.05) is 32.8 Å². The van der Waals surface area contributed by atoms with Gasteiger partial charge in [-0.1, -0.05) is 82.3 Å².